The minimum atomic E-state index is -0.949. The van der Waals surface area contributed by atoms with E-state index in [1.807, 2.05) is 20.8 Å². The molecule has 0 unspecified atom stereocenters. The molecule has 1 fully saturated rings. The average molecular weight is 261 g/mol. The number of carboxylic acids is 1. The number of hydrogen-bond donors (Lipinski definition) is 1. The second kappa shape index (κ2) is 6.68. The second-order valence-corrected chi connectivity index (χ2v) is 4.76. The summed E-state index contributed by atoms with van der Waals surface area (Å²) in [5, 5.41) is 9.10. The Hall–Kier alpha value is -1.17. The average Bonchev–Trinajstić information content (AvgIpc) is 2.33. The zero-order valence-corrected chi connectivity index (χ0v) is 10.9. The van der Waals surface area contributed by atoms with Gasteiger partial charge in [0, 0.05) is 0 Å². The fourth-order valence-corrected chi connectivity index (χ4v) is 2.25. The summed E-state index contributed by atoms with van der Waals surface area (Å²) in [6.07, 6.45) is -0.0515. The number of alkyl halides is 1. The van der Waals surface area contributed by atoms with E-state index in [0.29, 0.717) is 0 Å². The van der Waals surface area contributed by atoms with E-state index in [-0.39, 0.29) is 30.4 Å². The minimum Gasteiger partial charge on any atom is -0.479 e. The van der Waals surface area contributed by atoms with Crippen molar-refractivity contribution >= 4 is 12.4 Å². The van der Waals surface area contributed by atoms with Crippen LogP contribution in [0, 0.1) is 17.8 Å². The first kappa shape index (κ1) is 14.9. The molecule has 0 aromatic rings. The van der Waals surface area contributed by atoms with Crippen LogP contribution in [0.5, 0.6) is 0 Å². The van der Waals surface area contributed by atoms with Gasteiger partial charge < -0.3 is 14.6 Å². The molecule has 1 aliphatic heterocycles. The molecule has 1 saturated heterocycles. The molecule has 104 valence electrons. The van der Waals surface area contributed by atoms with Crippen LogP contribution in [0.4, 0.5) is 4.39 Å². The molecule has 0 radical (unpaired) electrons. The number of rotatable bonds is 5. The Morgan fingerprint density at radius 2 is 2.06 bits per heavy atom. The highest BCUT2D eigenvalue weighted by molar-refractivity contribution is 5.72. The molecule has 5 atom stereocenters. The van der Waals surface area contributed by atoms with Crippen LogP contribution in [0.2, 0.25) is 0 Å². The van der Waals surface area contributed by atoms with E-state index in [0.717, 1.165) is 6.40 Å². The van der Waals surface area contributed by atoms with Gasteiger partial charge in [0.05, 0.1) is 12.6 Å². The molecule has 0 aromatic heterocycles. The van der Waals surface area contributed by atoms with E-state index >= 15 is 0 Å². The Morgan fingerprint density at radius 3 is 2.61 bits per heavy atom. The van der Waals surface area contributed by atoms with E-state index in [2.05, 4.69) is 9.73 Å². The summed E-state index contributed by atoms with van der Waals surface area (Å²) in [4.78, 5) is 15.0. The van der Waals surface area contributed by atoms with Crippen LogP contribution in [-0.4, -0.2) is 43.1 Å². The molecule has 1 heterocycles. The van der Waals surface area contributed by atoms with Gasteiger partial charge in [-0.15, -0.1) is 0 Å². The molecule has 0 bridgehead atoms. The van der Waals surface area contributed by atoms with Crippen molar-refractivity contribution in [3.63, 3.8) is 0 Å². The van der Waals surface area contributed by atoms with Crippen LogP contribution in [0.1, 0.15) is 20.8 Å². The Bertz CT molecular complexity index is 310. The first-order valence-corrected chi connectivity index (χ1v) is 6.03. The van der Waals surface area contributed by atoms with Gasteiger partial charge in [0.1, 0.15) is 0 Å². The number of nitrogens with zero attached hydrogens (tertiary/aromatic N) is 1. The van der Waals surface area contributed by atoms with Gasteiger partial charge in [-0.2, -0.15) is 0 Å². The van der Waals surface area contributed by atoms with Crippen LogP contribution in [0.15, 0.2) is 4.99 Å². The van der Waals surface area contributed by atoms with Crippen molar-refractivity contribution in [2.24, 2.45) is 22.7 Å². The van der Waals surface area contributed by atoms with Crippen LogP contribution >= 0.6 is 0 Å². The predicted octanol–water partition coefficient (Wildman–Crippen LogP) is 1.72. The number of aliphatic carboxylic acids is 1. The predicted molar refractivity (Wildman–Crippen MR) is 64.2 cm³/mol. The second-order valence-electron chi connectivity index (χ2n) is 4.76. The van der Waals surface area contributed by atoms with Crippen LogP contribution < -0.4 is 0 Å². The standard InChI is InChI=1S/C12H20FNO4/c1-7-8(2)10(4-14-6-17-5-13)18-11(9(7)3)12(15)16/h6-11H,4-5H2,1-3H3,(H,15,16)/t7-,8+,9+,10+,11+/m0/s1. The van der Waals surface area contributed by atoms with E-state index in [9.17, 15) is 9.18 Å². The van der Waals surface area contributed by atoms with E-state index < -0.39 is 18.9 Å². The third-order valence-electron chi connectivity index (χ3n) is 3.78. The molecule has 0 saturated carbocycles. The third kappa shape index (κ3) is 3.41. The van der Waals surface area contributed by atoms with E-state index in [1.165, 1.54) is 0 Å². The summed E-state index contributed by atoms with van der Waals surface area (Å²) in [6, 6.07) is 0. The minimum absolute atomic E-state index is 0.0418. The Labute approximate surface area is 106 Å². The van der Waals surface area contributed by atoms with Crippen molar-refractivity contribution in [2.45, 2.75) is 33.0 Å². The highest BCUT2D eigenvalue weighted by Gasteiger charge is 2.42. The van der Waals surface area contributed by atoms with Crippen molar-refractivity contribution in [2.75, 3.05) is 13.4 Å². The molecular weight excluding hydrogens is 241 g/mol. The van der Waals surface area contributed by atoms with E-state index in [1.54, 1.807) is 0 Å². The van der Waals surface area contributed by atoms with Gasteiger partial charge in [-0.25, -0.2) is 9.18 Å². The third-order valence-corrected chi connectivity index (χ3v) is 3.78. The lowest BCUT2D eigenvalue weighted by Gasteiger charge is -2.41. The van der Waals surface area contributed by atoms with Crippen LogP contribution in [-0.2, 0) is 14.3 Å². The molecule has 0 aliphatic carbocycles. The monoisotopic (exact) mass is 261 g/mol. The van der Waals surface area contributed by atoms with E-state index in [4.69, 9.17) is 9.84 Å². The first-order chi connectivity index (χ1) is 8.49. The molecule has 0 amide bonds. The molecule has 1 N–H and O–H groups in total. The fraction of sp³-hybridized carbons (Fsp3) is 0.833. The topological polar surface area (TPSA) is 68.1 Å². The fourth-order valence-electron chi connectivity index (χ4n) is 2.25. The summed E-state index contributed by atoms with van der Waals surface area (Å²) in [7, 11) is 0. The van der Waals surface area contributed by atoms with Crippen LogP contribution in [0.25, 0.3) is 0 Å². The quantitative estimate of drug-likeness (QED) is 0.604. The summed E-state index contributed by atoms with van der Waals surface area (Å²) in [5.74, 6) is -0.574. The number of carbonyl (C=O) groups is 1. The maximum atomic E-state index is 11.7. The lowest BCUT2D eigenvalue weighted by Crippen LogP contribution is -2.49. The molecular formula is C12H20FNO4. The van der Waals surface area contributed by atoms with Crippen molar-refractivity contribution in [1.82, 2.24) is 0 Å². The zero-order chi connectivity index (χ0) is 13.7. The number of hydrogen-bond acceptors (Lipinski definition) is 4. The van der Waals surface area contributed by atoms with Gasteiger partial charge in [0.25, 0.3) is 0 Å². The van der Waals surface area contributed by atoms with Gasteiger partial charge in [-0.1, -0.05) is 20.8 Å². The molecule has 0 spiro atoms. The zero-order valence-electron chi connectivity index (χ0n) is 10.9. The van der Waals surface area contributed by atoms with Gasteiger partial charge >= 0.3 is 5.97 Å². The molecule has 0 aromatic carbocycles. The molecule has 5 nitrogen and oxygen atoms in total. The molecule has 18 heavy (non-hydrogen) atoms. The van der Waals surface area contributed by atoms with Gasteiger partial charge in [-0.05, 0) is 17.8 Å². The lowest BCUT2D eigenvalue weighted by molar-refractivity contribution is -0.177. The van der Waals surface area contributed by atoms with Crippen molar-refractivity contribution in [3.8, 4) is 0 Å². The first-order valence-electron chi connectivity index (χ1n) is 6.03. The summed E-state index contributed by atoms with van der Waals surface area (Å²) >= 11 is 0. The SMILES string of the molecule is C[C@H]1[C@@H](C)[C@@H](CN=COCF)O[C@@H](C(=O)O)[C@@H]1C. The largest absolute Gasteiger partial charge is 0.479 e. The van der Waals surface area contributed by atoms with Crippen molar-refractivity contribution < 1.29 is 23.8 Å². The molecule has 1 rings (SSSR count). The highest BCUT2D eigenvalue weighted by Crippen LogP contribution is 2.35. The normalized spacial score (nSPS) is 36.8. The summed E-state index contributed by atoms with van der Waals surface area (Å²) < 4.78 is 21.6. The Kier molecular flexibility index (Phi) is 5.53. The smallest absolute Gasteiger partial charge is 0.333 e. The van der Waals surface area contributed by atoms with Gasteiger partial charge in [0.15, 0.2) is 12.5 Å². The van der Waals surface area contributed by atoms with Crippen molar-refractivity contribution in [1.29, 1.82) is 0 Å². The molecule has 1 aliphatic rings. The number of halogens is 1. The number of aliphatic imine (C=N–C) groups is 1. The highest BCUT2D eigenvalue weighted by atomic mass is 19.1. The number of ether oxygens (including phenoxy) is 2. The Balaban J connectivity index is 2.64. The number of carboxylic acid groups (broad SMARTS) is 1. The van der Waals surface area contributed by atoms with Gasteiger partial charge in [-0.3, -0.25) is 4.99 Å². The summed E-state index contributed by atoms with van der Waals surface area (Å²) in [6.45, 7) is 5.27. The van der Waals surface area contributed by atoms with Crippen molar-refractivity contribution in [3.05, 3.63) is 0 Å². The lowest BCUT2D eigenvalue weighted by atomic mass is 9.76. The summed E-state index contributed by atoms with van der Waals surface area (Å²) in [5.41, 5.74) is 0. The maximum Gasteiger partial charge on any atom is 0.333 e. The van der Waals surface area contributed by atoms with Crippen LogP contribution in [0.3, 0.4) is 0 Å². The van der Waals surface area contributed by atoms with Gasteiger partial charge in [0.2, 0.25) is 6.86 Å². The Morgan fingerprint density at radius 1 is 1.39 bits per heavy atom. The molecule has 6 heteroatoms. The maximum absolute atomic E-state index is 11.7.